The number of carbonyl (C=O) groups excluding carboxylic acids is 3. The molecule has 7 heteroatoms. The standard InChI is InChI=1S/C26H26O7/c1-4-5-22(23-16-17(2)25(28)33-23)31-20-13-9-19(10-14-20)26(29)32-21-11-6-18(7-12-21)8-15-24(27)30-3/h6-15,22-23H,2,4-5,16H2,1,3H3/b15-8+. The van der Waals surface area contributed by atoms with Crippen molar-refractivity contribution in [3.8, 4) is 11.5 Å². The zero-order valence-corrected chi connectivity index (χ0v) is 18.6. The maximum atomic E-state index is 12.5. The van der Waals surface area contributed by atoms with Crippen molar-refractivity contribution >= 4 is 24.0 Å². The zero-order valence-electron chi connectivity index (χ0n) is 18.6. The Morgan fingerprint density at radius 3 is 2.36 bits per heavy atom. The van der Waals surface area contributed by atoms with Gasteiger partial charge in [-0.2, -0.15) is 0 Å². The van der Waals surface area contributed by atoms with Gasteiger partial charge in [0, 0.05) is 18.1 Å². The maximum absolute atomic E-state index is 12.5. The van der Waals surface area contributed by atoms with E-state index in [1.807, 2.05) is 6.92 Å². The van der Waals surface area contributed by atoms with Crippen LogP contribution in [0.2, 0.25) is 0 Å². The van der Waals surface area contributed by atoms with E-state index in [1.54, 1.807) is 54.6 Å². The van der Waals surface area contributed by atoms with Gasteiger partial charge in [-0.05, 0) is 54.5 Å². The number of carbonyl (C=O) groups is 3. The first-order chi connectivity index (χ1) is 15.9. The van der Waals surface area contributed by atoms with Crippen LogP contribution in [0, 0.1) is 0 Å². The molecule has 1 aliphatic rings. The van der Waals surface area contributed by atoms with Crippen LogP contribution in [0.15, 0.2) is 66.8 Å². The Balaban J connectivity index is 1.59. The molecule has 1 saturated heterocycles. The predicted octanol–water partition coefficient (Wildman–Crippen LogP) is 4.51. The van der Waals surface area contributed by atoms with Gasteiger partial charge in [-0.15, -0.1) is 0 Å². The summed E-state index contributed by atoms with van der Waals surface area (Å²) >= 11 is 0. The molecule has 0 radical (unpaired) electrons. The van der Waals surface area contributed by atoms with Gasteiger partial charge < -0.3 is 18.9 Å². The SMILES string of the molecule is C=C1CC(C(CCC)Oc2ccc(C(=O)Oc3ccc(/C=C/C(=O)OC)cc3)cc2)OC1=O. The molecule has 172 valence electrons. The van der Waals surface area contributed by atoms with Gasteiger partial charge in [0.25, 0.3) is 0 Å². The van der Waals surface area contributed by atoms with Gasteiger partial charge in [-0.3, -0.25) is 0 Å². The highest BCUT2D eigenvalue weighted by Crippen LogP contribution is 2.27. The third kappa shape index (κ3) is 6.55. The molecule has 2 unspecified atom stereocenters. The second kappa shape index (κ2) is 11.1. The molecule has 2 atom stereocenters. The number of hydrogen-bond acceptors (Lipinski definition) is 7. The second-order valence-electron chi connectivity index (χ2n) is 7.54. The van der Waals surface area contributed by atoms with Crippen LogP contribution in [0.3, 0.4) is 0 Å². The average molecular weight is 450 g/mol. The van der Waals surface area contributed by atoms with Crippen molar-refractivity contribution in [2.75, 3.05) is 7.11 Å². The minimum Gasteiger partial charge on any atom is -0.487 e. The number of cyclic esters (lactones) is 1. The molecule has 2 aromatic carbocycles. The monoisotopic (exact) mass is 450 g/mol. The van der Waals surface area contributed by atoms with E-state index in [4.69, 9.17) is 14.2 Å². The van der Waals surface area contributed by atoms with Crippen LogP contribution in [-0.2, 0) is 19.1 Å². The van der Waals surface area contributed by atoms with Gasteiger partial charge in [0.15, 0.2) is 0 Å². The number of rotatable bonds is 9. The minimum atomic E-state index is -0.509. The number of benzene rings is 2. The van der Waals surface area contributed by atoms with Crippen molar-refractivity contribution in [1.82, 2.24) is 0 Å². The molecule has 0 amide bonds. The van der Waals surface area contributed by atoms with E-state index in [0.29, 0.717) is 29.1 Å². The lowest BCUT2D eigenvalue weighted by molar-refractivity contribution is -0.142. The first kappa shape index (κ1) is 23.8. The molecule has 0 aliphatic carbocycles. The molecule has 0 bridgehead atoms. The summed E-state index contributed by atoms with van der Waals surface area (Å²) < 4.78 is 21.4. The van der Waals surface area contributed by atoms with Crippen LogP contribution < -0.4 is 9.47 Å². The van der Waals surface area contributed by atoms with Crippen LogP contribution in [0.5, 0.6) is 11.5 Å². The van der Waals surface area contributed by atoms with Crippen LogP contribution in [0.4, 0.5) is 0 Å². The highest BCUT2D eigenvalue weighted by molar-refractivity contribution is 5.91. The number of esters is 3. The number of ether oxygens (including phenoxy) is 4. The Kier molecular flexibility index (Phi) is 8.02. The Bertz CT molecular complexity index is 1020. The lowest BCUT2D eigenvalue weighted by Crippen LogP contribution is -2.31. The van der Waals surface area contributed by atoms with E-state index in [1.165, 1.54) is 13.2 Å². The summed E-state index contributed by atoms with van der Waals surface area (Å²) in [6.07, 6.45) is 4.30. The van der Waals surface area contributed by atoms with Crippen LogP contribution >= 0.6 is 0 Å². The molecule has 0 aromatic heterocycles. The fraction of sp³-hybridized carbons (Fsp3) is 0.269. The summed E-state index contributed by atoms with van der Waals surface area (Å²) in [5.41, 5.74) is 1.58. The van der Waals surface area contributed by atoms with Gasteiger partial charge in [0.05, 0.1) is 12.7 Å². The summed E-state index contributed by atoms with van der Waals surface area (Å²) in [5.74, 6) is -0.392. The third-order valence-electron chi connectivity index (χ3n) is 5.06. The normalized spacial score (nSPS) is 16.4. The highest BCUT2D eigenvalue weighted by Gasteiger charge is 2.34. The molecule has 7 nitrogen and oxygen atoms in total. The Hall–Kier alpha value is -3.87. The Morgan fingerprint density at radius 1 is 1.12 bits per heavy atom. The smallest absolute Gasteiger partial charge is 0.343 e. The molecule has 3 rings (SSSR count). The lowest BCUT2D eigenvalue weighted by Gasteiger charge is -2.23. The summed E-state index contributed by atoms with van der Waals surface area (Å²) in [6, 6.07) is 13.3. The Labute approximate surface area is 192 Å². The van der Waals surface area contributed by atoms with E-state index >= 15 is 0 Å². The molecule has 2 aromatic rings. The van der Waals surface area contributed by atoms with Gasteiger partial charge in [-0.1, -0.05) is 32.1 Å². The summed E-state index contributed by atoms with van der Waals surface area (Å²) in [7, 11) is 1.31. The summed E-state index contributed by atoms with van der Waals surface area (Å²) in [4.78, 5) is 35.3. The maximum Gasteiger partial charge on any atom is 0.343 e. The van der Waals surface area contributed by atoms with Gasteiger partial charge in [0.1, 0.15) is 23.7 Å². The van der Waals surface area contributed by atoms with Gasteiger partial charge in [-0.25, -0.2) is 14.4 Å². The molecule has 1 aliphatic heterocycles. The largest absolute Gasteiger partial charge is 0.487 e. The van der Waals surface area contributed by atoms with E-state index in [0.717, 1.165) is 18.4 Å². The molecular weight excluding hydrogens is 424 g/mol. The molecule has 33 heavy (non-hydrogen) atoms. The summed E-state index contributed by atoms with van der Waals surface area (Å²) in [5, 5.41) is 0. The fourth-order valence-corrected chi connectivity index (χ4v) is 3.29. The van der Waals surface area contributed by atoms with E-state index < -0.39 is 11.9 Å². The fourth-order valence-electron chi connectivity index (χ4n) is 3.29. The van der Waals surface area contributed by atoms with Crippen molar-refractivity contribution in [3.63, 3.8) is 0 Å². The van der Waals surface area contributed by atoms with E-state index in [2.05, 4.69) is 11.3 Å². The average Bonchev–Trinajstić information content (AvgIpc) is 3.16. The first-order valence-electron chi connectivity index (χ1n) is 10.6. The molecule has 0 spiro atoms. The molecule has 1 heterocycles. The molecule has 0 N–H and O–H groups in total. The topological polar surface area (TPSA) is 88.1 Å². The van der Waals surface area contributed by atoms with Gasteiger partial charge in [0.2, 0.25) is 0 Å². The minimum absolute atomic E-state index is 0.289. The molecule has 0 saturated carbocycles. The number of hydrogen-bond donors (Lipinski definition) is 0. The number of methoxy groups -OCH3 is 1. The van der Waals surface area contributed by atoms with Crippen LogP contribution in [0.25, 0.3) is 6.08 Å². The van der Waals surface area contributed by atoms with Crippen LogP contribution in [0.1, 0.15) is 42.1 Å². The quantitative estimate of drug-likeness (QED) is 0.315. The van der Waals surface area contributed by atoms with Crippen molar-refractivity contribution < 1.29 is 33.3 Å². The van der Waals surface area contributed by atoms with Crippen molar-refractivity contribution in [3.05, 3.63) is 77.9 Å². The first-order valence-corrected chi connectivity index (χ1v) is 10.6. The molecule has 1 fully saturated rings. The van der Waals surface area contributed by atoms with E-state index in [9.17, 15) is 14.4 Å². The third-order valence-corrected chi connectivity index (χ3v) is 5.06. The molecular formula is C26H26O7. The highest BCUT2D eigenvalue weighted by atomic mass is 16.6. The second-order valence-corrected chi connectivity index (χ2v) is 7.54. The van der Waals surface area contributed by atoms with E-state index in [-0.39, 0.29) is 18.2 Å². The van der Waals surface area contributed by atoms with Gasteiger partial charge >= 0.3 is 17.9 Å². The van der Waals surface area contributed by atoms with Crippen molar-refractivity contribution in [2.45, 2.75) is 38.4 Å². The predicted molar refractivity (Wildman–Crippen MR) is 122 cm³/mol. The zero-order chi connectivity index (χ0) is 23.8. The van der Waals surface area contributed by atoms with Crippen molar-refractivity contribution in [1.29, 1.82) is 0 Å². The van der Waals surface area contributed by atoms with Crippen LogP contribution in [-0.4, -0.2) is 37.2 Å². The lowest BCUT2D eigenvalue weighted by atomic mass is 10.0. The Morgan fingerprint density at radius 2 is 1.79 bits per heavy atom. The van der Waals surface area contributed by atoms with Crippen molar-refractivity contribution in [2.24, 2.45) is 0 Å². The summed E-state index contributed by atoms with van der Waals surface area (Å²) in [6.45, 7) is 5.75.